The van der Waals surface area contributed by atoms with E-state index in [1.54, 1.807) is 19.1 Å². The molecule has 0 atom stereocenters. The second kappa shape index (κ2) is 6.32. The van der Waals surface area contributed by atoms with Crippen LogP contribution in [0.2, 0.25) is 0 Å². The summed E-state index contributed by atoms with van der Waals surface area (Å²) in [5.41, 5.74) is 4.62. The van der Waals surface area contributed by atoms with E-state index < -0.39 is 10.0 Å². The number of benzene rings is 2. The number of hydrogen-bond acceptors (Lipinski definition) is 3. The molecule has 5 heteroatoms. The van der Waals surface area contributed by atoms with Crippen LogP contribution in [0, 0.1) is 27.7 Å². The van der Waals surface area contributed by atoms with Crippen LogP contribution < -0.4 is 4.83 Å². The van der Waals surface area contributed by atoms with Crippen LogP contribution in [0.5, 0.6) is 0 Å². The van der Waals surface area contributed by atoms with Crippen molar-refractivity contribution in [3.8, 4) is 0 Å². The predicted octanol–water partition coefficient (Wildman–Crippen LogP) is 3.23. The minimum atomic E-state index is -3.65. The van der Waals surface area contributed by atoms with Gasteiger partial charge >= 0.3 is 0 Å². The monoisotopic (exact) mass is 316 g/mol. The van der Waals surface area contributed by atoms with Crippen molar-refractivity contribution in [3.63, 3.8) is 0 Å². The zero-order valence-corrected chi connectivity index (χ0v) is 14.0. The van der Waals surface area contributed by atoms with Crippen molar-refractivity contribution in [2.24, 2.45) is 5.10 Å². The maximum atomic E-state index is 12.3. The van der Waals surface area contributed by atoms with Crippen molar-refractivity contribution in [1.29, 1.82) is 0 Å². The molecule has 2 aromatic rings. The van der Waals surface area contributed by atoms with Gasteiger partial charge in [-0.2, -0.15) is 13.5 Å². The maximum absolute atomic E-state index is 12.3. The first kappa shape index (κ1) is 16.2. The third kappa shape index (κ3) is 3.74. The highest BCUT2D eigenvalue weighted by Crippen LogP contribution is 2.16. The lowest BCUT2D eigenvalue weighted by Gasteiger charge is -2.08. The number of nitrogens with zero attached hydrogens (tertiary/aromatic N) is 1. The van der Waals surface area contributed by atoms with Crippen LogP contribution in [-0.4, -0.2) is 14.6 Å². The Balaban J connectivity index is 2.24. The molecule has 0 unspecified atom stereocenters. The summed E-state index contributed by atoms with van der Waals surface area (Å²) in [5, 5.41) is 3.90. The smallest absolute Gasteiger partial charge is 0.200 e. The van der Waals surface area contributed by atoms with Gasteiger partial charge in [0.1, 0.15) is 0 Å². The number of hydrogen-bond donors (Lipinski definition) is 1. The number of rotatable bonds is 4. The van der Waals surface area contributed by atoms with Crippen LogP contribution in [0.3, 0.4) is 0 Å². The molecule has 0 aliphatic rings. The molecular weight excluding hydrogens is 296 g/mol. The number of nitrogens with one attached hydrogen (secondary N) is 1. The second-order valence-electron chi connectivity index (χ2n) is 5.48. The van der Waals surface area contributed by atoms with Crippen LogP contribution in [0.25, 0.3) is 0 Å². The van der Waals surface area contributed by atoms with Gasteiger partial charge in [-0.3, -0.25) is 0 Å². The molecule has 0 aromatic heterocycles. The van der Waals surface area contributed by atoms with Gasteiger partial charge in [0.2, 0.25) is 0 Å². The molecule has 4 nitrogen and oxygen atoms in total. The Kier molecular flexibility index (Phi) is 4.66. The molecule has 0 heterocycles. The van der Waals surface area contributed by atoms with Gasteiger partial charge in [-0.1, -0.05) is 35.9 Å². The summed E-state index contributed by atoms with van der Waals surface area (Å²) in [7, 11) is -3.65. The molecule has 0 amide bonds. The van der Waals surface area contributed by atoms with Crippen LogP contribution in [0.1, 0.15) is 27.8 Å². The zero-order valence-electron chi connectivity index (χ0n) is 13.2. The summed E-state index contributed by atoms with van der Waals surface area (Å²) in [6.07, 6.45) is 1.53. The van der Waals surface area contributed by atoms with E-state index in [0.29, 0.717) is 5.56 Å². The van der Waals surface area contributed by atoms with E-state index in [2.05, 4.69) is 9.93 Å². The molecule has 22 heavy (non-hydrogen) atoms. The minimum Gasteiger partial charge on any atom is -0.200 e. The summed E-state index contributed by atoms with van der Waals surface area (Å²) < 4.78 is 24.6. The van der Waals surface area contributed by atoms with Crippen molar-refractivity contribution in [3.05, 3.63) is 64.2 Å². The Morgan fingerprint density at radius 3 is 2.18 bits per heavy atom. The van der Waals surface area contributed by atoms with Crippen LogP contribution >= 0.6 is 0 Å². The van der Waals surface area contributed by atoms with E-state index in [1.165, 1.54) is 6.21 Å². The number of sulfonamides is 1. The topological polar surface area (TPSA) is 58.5 Å². The second-order valence-corrected chi connectivity index (χ2v) is 7.11. The summed E-state index contributed by atoms with van der Waals surface area (Å²) in [6, 6.07) is 11.3. The molecule has 0 radical (unpaired) electrons. The Hall–Kier alpha value is -2.14. The fourth-order valence-corrected chi connectivity index (χ4v) is 3.23. The first-order valence-electron chi connectivity index (χ1n) is 6.99. The molecular formula is C17H20N2O2S. The average molecular weight is 316 g/mol. The fraction of sp³-hybridized carbons (Fsp3) is 0.235. The van der Waals surface area contributed by atoms with Gasteiger partial charge in [0.15, 0.2) is 0 Å². The summed E-state index contributed by atoms with van der Waals surface area (Å²) >= 11 is 0. The first-order chi connectivity index (χ1) is 10.3. The Bertz CT molecular complexity index is 825. The lowest BCUT2D eigenvalue weighted by atomic mass is 10.1. The SMILES string of the molecule is Cc1ccc(C)c(/C=N\NS(=O)(=O)c2cc(C)ccc2C)c1. The van der Waals surface area contributed by atoms with Crippen molar-refractivity contribution >= 4 is 16.2 Å². The van der Waals surface area contributed by atoms with Gasteiger partial charge in [0.25, 0.3) is 10.0 Å². The van der Waals surface area contributed by atoms with Gasteiger partial charge in [0.05, 0.1) is 11.1 Å². The van der Waals surface area contributed by atoms with Gasteiger partial charge in [-0.15, -0.1) is 0 Å². The molecule has 2 aromatic carbocycles. The van der Waals surface area contributed by atoms with E-state index in [1.807, 2.05) is 45.0 Å². The highest BCUT2D eigenvalue weighted by molar-refractivity contribution is 7.89. The van der Waals surface area contributed by atoms with Crippen molar-refractivity contribution in [1.82, 2.24) is 4.83 Å². The van der Waals surface area contributed by atoms with Gasteiger partial charge in [-0.05, 0) is 56.0 Å². The quantitative estimate of drug-likeness (QED) is 0.695. The molecule has 1 N–H and O–H groups in total. The lowest BCUT2D eigenvalue weighted by Crippen LogP contribution is -2.19. The molecule has 0 aliphatic carbocycles. The molecule has 0 spiro atoms. The van der Waals surface area contributed by atoms with E-state index in [0.717, 1.165) is 22.3 Å². The standard InChI is InChI=1S/C17H20N2O2S/c1-12-5-7-14(3)16(9-12)11-18-19-22(20,21)17-10-13(2)6-8-15(17)4/h5-11,19H,1-4H3/b18-11-. The third-order valence-corrected chi connectivity index (χ3v) is 4.81. The minimum absolute atomic E-state index is 0.255. The van der Waals surface area contributed by atoms with Gasteiger partial charge in [0, 0.05) is 0 Å². The van der Waals surface area contributed by atoms with Crippen LogP contribution in [0.15, 0.2) is 46.4 Å². The molecule has 0 saturated carbocycles. The van der Waals surface area contributed by atoms with Crippen molar-refractivity contribution in [2.75, 3.05) is 0 Å². The van der Waals surface area contributed by atoms with Gasteiger partial charge in [-0.25, -0.2) is 4.83 Å². The fourth-order valence-electron chi connectivity index (χ4n) is 2.11. The first-order valence-corrected chi connectivity index (χ1v) is 8.47. The summed E-state index contributed by atoms with van der Waals surface area (Å²) in [6.45, 7) is 7.57. The largest absolute Gasteiger partial charge is 0.276 e. The molecule has 0 saturated heterocycles. The lowest BCUT2D eigenvalue weighted by molar-refractivity contribution is 0.584. The number of aryl methyl sites for hydroxylation is 4. The predicted molar refractivity (Wildman–Crippen MR) is 89.7 cm³/mol. The Labute approximate surface area is 131 Å². The maximum Gasteiger partial charge on any atom is 0.276 e. The summed E-state index contributed by atoms with van der Waals surface area (Å²) in [5.74, 6) is 0. The third-order valence-electron chi connectivity index (χ3n) is 3.44. The Morgan fingerprint density at radius 1 is 0.909 bits per heavy atom. The van der Waals surface area contributed by atoms with Crippen molar-refractivity contribution < 1.29 is 8.42 Å². The van der Waals surface area contributed by atoms with Crippen molar-refractivity contribution in [2.45, 2.75) is 32.6 Å². The molecule has 0 fully saturated rings. The molecule has 116 valence electrons. The zero-order chi connectivity index (χ0) is 16.3. The molecule has 2 rings (SSSR count). The van der Waals surface area contributed by atoms with E-state index in [-0.39, 0.29) is 4.90 Å². The van der Waals surface area contributed by atoms with Crippen LogP contribution in [-0.2, 0) is 10.0 Å². The highest BCUT2D eigenvalue weighted by atomic mass is 32.2. The van der Waals surface area contributed by atoms with E-state index in [4.69, 9.17) is 0 Å². The Morgan fingerprint density at radius 2 is 1.50 bits per heavy atom. The van der Waals surface area contributed by atoms with E-state index >= 15 is 0 Å². The van der Waals surface area contributed by atoms with Gasteiger partial charge < -0.3 is 0 Å². The van der Waals surface area contributed by atoms with Crippen LogP contribution in [0.4, 0.5) is 0 Å². The summed E-state index contributed by atoms with van der Waals surface area (Å²) in [4.78, 5) is 2.54. The molecule has 0 bridgehead atoms. The average Bonchev–Trinajstić information content (AvgIpc) is 2.45. The van der Waals surface area contributed by atoms with E-state index in [9.17, 15) is 8.42 Å². The molecule has 0 aliphatic heterocycles. The number of hydrazone groups is 1. The highest BCUT2D eigenvalue weighted by Gasteiger charge is 2.15. The normalized spacial score (nSPS) is 11.8.